The van der Waals surface area contributed by atoms with Gasteiger partial charge in [-0.05, 0) is 48.5 Å². The van der Waals surface area contributed by atoms with E-state index in [0.717, 1.165) is 34.8 Å². The third-order valence-corrected chi connectivity index (χ3v) is 6.57. The Balaban J connectivity index is 1.50. The number of rotatable bonds is 6. The maximum atomic E-state index is 13.6. The summed E-state index contributed by atoms with van der Waals surface area (Å²) in [4.78, 5) is 34.0. The van der Waals surface area contributed by atoms with Crippen LogP contribution in [0.25, 0.3) is 27.6 Å². The predicted octanol–water partition coefficient (Wildman–Crippen LogP) is 5.63. The number of para-hydroxylation sites is 1. The largest absolute Gasteiger partial charge is 0.497 e. The average Bonchev–Trinajstić information content (AvgIpc) is 3.26. The topological polar surface area (TPSA) is 89.0 Å². The fourth-order valence-corrected chi connectivity index (χ4v) is 4.70. The molecule has 5 rings (SSSR count). The number of aromatic nitrogens is 3. The Hall–Kier alpha value is -4.25. The minimum absolute atomic E-state index is 0.0213. The van der Waals surface area contributed by atoms with Gasteiger partial charge in [0.15, 0.2) is 5.16 Å². The van der Waals surface area contributed by atoms with Gasteiger partial charge in [-0.3, -0.25) is 14.2 Å². The minimum Gasteiger partial charge on any atom is -0.497 e. The molecule has 7 nitrogen and oxygen atoms in total. The van der Waals surface area contributed by atoms with Crippen LogP contribution in [-0.4, -0.2) is 33.3 Å². The third-order valence-electron chi connectivity index (χ3n) is 5.63. The number of alkyl halides is 3. The Kier molecular flexibility index (Phi) is 6.38. The first-order valence-corrected chi connectivity index (χ1v) is 12.0. The van der Waals surface area contributed by atoms with E-state index in [1.54, 1.807) is 24.3 Å². The number of carbonyl (C=O) groups excluding carboxylic acids is 1. The van der Waals surface area contributed by atoms with Crippen molar-refractivity contribution in [1.29, 1.82) is 0 Å². The van der Waals surface area contributed by atoms with Crippen LogP contribution >= 0.6 is 11.8 Å². The van der Waals surface area contributed by atoms with Crippen molar-refractivity contribution in [2.24, 2.45) is 0 Å². The Bertz CT molecular complexity index is 1680. The highest BCUT2D eigenvalue weighted by Gasteiger charge is 2.30. The van der Waals surface area contributed by atoms with Gasteiger partial charge >= 0.3 is 6.18 Å². The summed E-state index contributed by atoms with van der Waals surface area (Å²) in [6, 6.07) is 18.5. The van der Waals surface area contributed by atoms with Crippen molar-refractivity contribution in [1.82, 2.24) is 14.5 Å². The minimum atomic E-state index is -4.53. The number of H-pyrrole nitrogens is 1. The van der Waals surface area contributed by atoms with Crippen LogP contribution in [-0.2, 0) is 11.0 Å². The molecule has 0 saturated heterocycles. The van der Waals surface area contributed by atoms with Crippen LogP contribution in [0.3, 0.4) is 0 Å². The van der Waals surface area contributed by atoms with Crippen molar-refractivity contribution >= 4 is 45.3 Å². The number of hydrogen-bond donors (Lipinski definition) is 2. The highest BCUT2D eigenvalue weighted by atomic mass is 32.2. The lowest BCUT2D eigenvalue weighted by Gasteiger charge is -2.13. The van der Waals surface area contributed by atoms with E-state index in [2.05, 4.69) is 10.3 Å². The molecule has 0 spiro atoms. The molecule has 0 aliphatic rings. The molecule has 188 valence electrons. The van der Waals surface area contributed by atoms with Gasteiger partial charge in [-0.1, -0.05) is 36.0 Å². The normalized spacial score (nSPS) is 11.7. The molecule has 2 heterocycles. The van der Waals surface area contributed by atoms with E-state index in [-0.39, 0.29) is 22.2 Å². The Morgan fingerprint density at radius 1 is 1.08 bits per heavy atom. The number of carbonyl (C=O) groups is 1. The number of methoxy groups -OCH3 is 1. The number of hydrogen-bond acceptors (Lipinski definition) is 5. The van der Waals surface area contributed by atoms with Crippen molar-refractivity contribution in [3.8, 4) is 11.4 Å². The second kappa shape index (κ2) is 9.66. The van der Waals surface area contributed by atoms with Gasteiger partial charge in [-0.2, -0.15) is 13.2 Å². The maximum absolute atomic E-state index is 13.6. The quantitative estimate of drug-likeness (QED) is 0.222. The first-order valence-electron chi connectivity index (χ1n) is 11.0. The zero-order chi connectivity index (χ0) is 26.2. The van der Waals surface area contributed by atoms with Crippen LogP contribution in [0.4, 0.5) is 18.9 Å². The number of nitrogens with zero attached hydrogens (tertiary/aromatic N) is 2. The van der Waals surface area contributed by atoms with E-state index < -0.39 is 17.6 Å². The van der Waals surface area contributed by atoms with Crippen LogP contribution in [0.5, 0.6) is 5.75 Å². The van der Waals surface area contributed by atoms with Gasteiger partial charge in [0.2, 0.25) is 5.91 Å². The molecular formula is C26H19F3N4O3S. The van der Waals surface area contributed by atoms with Crippen molar-refractivity contribution in [3.63, 3.8) is 0 Å². The summed E-state index contributed by atoms with van der Waals surface area (Å²) in [6.07, 6.45) is -4.53. The number of halogens is 3. The molecule has 5 aromatic rings. The molecule has 0 aliphatic heterocycles. The molecule has 3 aromatic carbocycles. The maximum Gasteiger partial charge on any atom is 0.416 e. The van der Waals surface area contributed by atoms with Crippen molar-refractivity contribution in [3.05, 3.63) is 88.7 Å². The molecule has 0 fully saturated rings. The molecule has 0 aliphatic carbocycles. The molecule has 11 heteroatoms. The van der Waals surface area contributed by atoms with Crippen molar-refractivity contribution in [2.45, 2.75) is 11.3 Å². The van der Waals surface area contributed by atoms with Crippen LogP contribution < -0.4 is 15.6 Å². The van der Waals surface area contributed by atoms with E-state index in [1.807, 2.05) is 24.3 Å². The number of amides is 1. The van der Waals surface area contributed by atoms with E-state index in [0.29, 0.717) is 22.5 Å². The van der Waals surface area contributed by atoms with E-state index in [1.165, 1.54) is 23.8 Å². The molecule has 0 atom stereocenters. The first-order chi connectivity index (χ1) is 17.7. The van der Waals surface area contributed by atoms with E-state index >= 15 is 0 Å². The number of aromatic amines is 1. The summed E-state index contributed by atoms with van der Waals surface area (Å²) in [5.74, 6) is -0.128. The van der Waals surface area contributed by atoms with Gasteiger partial charge < -0.3 is 15.0 Å². The number of fused-ring (bicyclic) bond motifs is 3. The second-order valence-corrected chi connectivity index (χ2v) is 8.99. The Morgan fingerprint density at radius 2 is 1.84 bits per heavy atom. The standard InChI is InChI=1S/C26H19F3N4O3S/c1-36-18-11-9-17(10-12-18)33-24(35)23-22(19-7-2-3-8-20(19)31-23)32-25(33)37-14-21(34)30-16-6-4-5-15(13-16)26(27,28)29/h2-13,31H,14H2,1H3,(H,30,34). The van der Waals surface area contributed by atoms with E-state index in [9.17, 15) is 22.8 Å². The summed E-state index contributed by atoms with van der Waals surface area (Å²) in [7, 11) is 1.53. The lowest BCUT2D eigenvalue weighted by Crippen LogP contribution is -2.23. The second-order valence-electron chi connectivity index (χ2n) is 8.04. The van der Waals surface area contributed by atoms with Crippen LogP contribution in [0, 0.1) is 0 Å². The zero-order valence-corrected chi connectivity index (χ0v) is 20.1. The van der Waals surface area contributed by atoms with Crippen LogP contribution in [0.15, 0.2) is 82.7 Å². The summed E-state index contributed by atoms with van der Waals surface area (Å²) in [6.45, 7) is 0. The highest BCUT2D eigenvalue weighted by molar-refractivity contribution is 7.99. The zero-order valence-electron chi connectivity index (χ0n) is 19.3. The number of benzene rings is 3. The number of anilines is 1. The monoisotopic (exact) mass is 524 g/mol. The Morgan fingerprint density at radius 3 is 2.57 bits per heavy atom. The van der Waals surface area contributed by atoms with Gasteiger partial charge in [-0.25, -0.2) is 4.98 Å². The summed E-state index contributed by atoms with van der Waals surface area (Å²) < 4.78 is 45.6. The summed E-state index contributed by atoms with van der Waals surface area (Å²) in [5, 5.41) is 3.49. The van der Waals surface area contributed by atoms with Gasteiger partial charge in [0, 0.05) is 16.6 Å². The molecule has 1 amide bonds. The molecule has 0 bridgehead atoms. The predicted molar refractivity (Wildman–Crippen MR) is 137 cm³/mol. The molecular weight excluding hydrogens is 505 g/mol. The van der Waals surface area contributed by atoms with E-state index in [4.69, 9.17) is 9.72 Å². The molecule has 0 unspecified atom stereocenters. The van der Waals surface area contributed by atoms with Crippen molar-refractivity contribution < 1.29 is 22.7 Å². The van der Waals surface area contributed by atoms with Gasteiger partial charge in [0.05, 0.1) is 24.1 Å². The molecule has 0 radical (unpaired) electrons. The highest BCUT2D eigenvalue weighted by Crippen LogP contribution is 2.31. The number of nitrogens with one attached hydrogen (secondary N) is 2. The fraction of sp³-hybridized carbons (Fsp3) is 0.115. The van der Waals surface area contributed by atoms with Crippen LogP contribution in [0.2, 0.25) is 0 Å². The van der Waals surface area contributed by atoms with Gasteiger partial charge in [0.25, 0.3) is 5.56 Å². The first kappa shape index (κ1) is 24.4. The smallest absolute Gasteiger partial charge is 0.416 e. The molecule has 2 N–H and O–H groups in total. The summed E-state index contributed by atoms with van der Waals surface area (Å²) in [5.41, 5.74) is 0.839. The Labute approximate surface area is 212 Å². The van der Waals surface area contributed by atoms with Gasteiger partial charge in [-0.15, -0.1) is 0 Å². The number of thioether (sulfide) groups is 1. The average molecular weight is 525 g/mol. The lowest BCUT2D eigenvalue weighted by atomic mass is 10.2. The summed E-state index contributed by atoms with van der Waals surface area (Å²) >= 11 is 1.00. The lowest BCUT2D eigenvalue weighted by molar-refractivity contribution is -0.137. The molecule has 37 heavy (non-hydrogen) atoms. The van der Waals surface area contributed by atoms with Crippen LogP contribution in [0.1, 0.15) is 5.56 Å². The SMILES string of the molecule is COc1ccc(-n2c(SCC(=O)Nc3cccc(C(F)(F)F)c3)nc3c([nH]c4ccccc43)c2=O)cc1. The van der Waals surface area contributed by atoms with Gasteiger partial charge in [0.1, 0.15) is 16.8 Å². The molecule has 2 aromatic heterocycles. The third kappa shape index (κ3) is 4.90. The number of ether oxygens (including phenoxy) is 1. The fourth-order valence-electron chi connectivity index (χ4n) is 3.90. The molecule has 0 saturated carbocycles. The van der Waals surface area contributed by atoms with Crippen molar-refractivity contribution in [2.75, 3.05) is 18.2 Å².